The van der Waals surface area contributed by atoms with Gasteiger partial charge in [0.05, 0.1) is 0 Å². The van der Waals surface area contributed by atoms with Crippen molar-refractivity contribution in [1.82, 2.24) is 4.48 Å². The van der Waals surface area contributed by atoms with Crippen LogP contribution in [0.3, 0.4) is 0 Å². The summed E-state index contributed by atoms with van der Waals surface area (Å²) in [5, 5.41) is 1.34. The van der Waals surface area contributed by atoms with Crippen LogP contribution in [0, 0.1) is 6.92 Å². The minimum Gasteiger partial charge on any atom is -0.378 e. The van der Waals surface area contributed by atoms with Gasteiger partial charge in [0.25, 0.3) is 0 Å². The van der Waals surface area contributed by atoms with Gasteiger partial charge in [0.2, 0.25) is 0 Å². The molecule has 3 nitrogen and oxygen atoms in total. The minimum absolute atomic E-state index is 0.0326. The van der Waals surface area contributed by atoms with Crippen molar-refractivity contribution in [2.45, 2.75) is 96.8 Å². The minimum atomic E-state index is -0.228. The quantitative estimate of drug-likeness (QED) is 0.163. The van der Waals surface area contributed by atoms with Gasteiger partial charge in [-0.25, -0.2) is 0 Å². The molecule has 0 spiro atoms. The monoisotopic (exact) mass is 891 g/mol. The molecule has 69 heavy (non-hydrogen) atoms. The molecule has 2 aliphatic heterocycles. The maximum absolute atomic E-state index is 2.83. The smallest absolute Gasteiger partial charge is 0.332 e. The van der Waals surface area contributed by atoms with Crippen molar-refractivity contribution in [1.29, 1.82) is 0 Å². The lowest BCUT2D eigenvalue weighted by Gasteiger charge is -2.45. The molecule has 0 atom stereocenters. The highest BCUT2D eigenvalue weighted by atomic mass is 15.2. The summed E-state index contributed by atoms with van der Waals surface area (Å²) in [5.74, 6) is 0. The van der Waals surface area contributed by atoms with Gasteiger partial charge in [0, 0.05) is 72.7 Å². The Bertz CT molecular complexity index is 3660. The van der Waals surface area contributed by atoms with Crippen LogP contribution in [0.2, 0.25) is 0 Å². The lowest BCUT2D eigenvalue weighted by Crippen LogP contribution is -2.58. The number of nitrogens with zero attached hydrogens (tertiary/aromatic N) is 3. The van der Waals surface area contributed by atoms with Crippen LogP contribution in [0.15, 0.2) is 164 Å². The maximum Gasteiger partial charge on any atom is 0.332 e. The number of fused-ring (bicyclic) bond motifs is 13. The fourth-order valence-corrected chi connectivity index (χ4v) is 14.1. The van der Waals surface area contributed by atoms with Gasteiger partial charge in [0.15, 0.2) is 0 Å². The van der Waals surface area contributed by atoms with Crippen molar-refractivity contribution in [2.75, 3.05) is 9.80 Å². The average Bonchev–Trinajstić information content (AvgIpc) is 3.90. The lowest BCUT2D eigenvalue weighted by molar-refractivity contribution is 0.332. The fraction of sp³-hybridized carbons (Fsp3) is 0.231. The van der Waals surface area contributed by atoms with Crippen LogP contribution in [0.25, 0.3) is 44.3 Å². The fourth-order valence-electron chi connectivity index (χ4n) is 14.1. The number of benzene rings is 8. The SMILES string of the molecule is Cc1cc2c(cc1N1c3cc4c(cc3B3c5c(cc(N(c6ccccc6)c6ccccc6)cc51)-c1cccc5c6c(n3c15)C(C)(C)c1ccccc1-6)C(C)(C)c1ccccc1-4)C(C)(C)CCC2(C)C. The first-order valence-corrected chi connectivity index (χ1v) is 25.3. The third kappa shape index (κ3) is 5.30. The predicted molar refractivity (Wildman–Crippen MR) is 292 cm³/mol. The highest BCUT2D eigenvalue weighted by molar-refractivity contribution is 6.89. The molecule has 3 aliphatic carbocycles. The van der Waals surface area contributed by atoms with E-state index < -0.39 is 0 Å². The zero-order valence-corrected chi connectivity index (χ0v) is 41.4. The molecule has 0 unspecified atom stereocenters. The van der Waals surface area contributed by atoms with Crippen molar-refractivity contribution in [3.63, 3.8) is 0 Å². The van der Waals surface area contributed by atoms with Crippen molar-refractivity contribution < 1.29 is 0 Å². The molecule has 8 aromatic carbocycles. The highest BCUT2D eigenvalue weighted by Crippen LogP contribution is 2.58. The molecule has 9 aromatic rings. The van der Waals surface area contributed by atoms with Crippen LogP contribution in [0.4, 0.5) is 34.1 Å². The first-order valence-electron chi connectivity index (χ1n) is 25.3. The van der Waals surface area contributed by atoms with Gasteiger partial charge in [-0.2, -0.15) is 0 Å². The second-order valence-corrected chi connectivity index (χ2v) is 23.2. The van der Waals surface area contributed by atoms with Gasteiger partial charge in [-0.1, -0.05) is 171 Å². The van der Waals surface area contributed by atoms with E-state index in [0.717, 1.165) is 23.5 Å². The summed E-state index contributed by atoms with van der Waals surface area (Å²) in [7, 11) is 0. The normalized spacial score (nSPS) is 17.3. The van der Waals surface area contributed by atoms with E-state index in [-0.39, 0.29) is 28.5 Å². The molecule has 0 saturated heterocycles. The zero-order chi connectivity index (χ0) is 47.1. The first-order chi connectivity index (χ1) is 33.2. The summed E-state index contributed by atoms with van der Waals surface area (Å²) >= 11 is 0. The zero-order valence-electron chi connectivity index (χ0n) is 41.4. The molecule has 0 radical (unpaired) electrons. The molecule has 0 saturated carbocycles. The number of anilines is 6. The van der Waals surface area contributed by atoms with E-state index in [2.05, 4.69) is 240 Å². The molecular formula is C65H58BN3. The number of hydrogen-bond acceptors (Lipinski definition) is 2. The summed E-state index contributed by atoms with van der Waals surface area (Å²) in [5.41, 5.74) is 29.0. The van der Waals surface area contributed by atoms with Crippen LogP contribution in [0.1, 0.15) is 107 Å². The third-order valence-corrected chi connectivity index (χ3v) is 17.7. The Morgan fingerprint density at radius 3 is 1.72 bits per heavy atom. The first kappa shape index (κ1) is 41.0. The Morgan fingerprint density at radius 1 is 0.449 bits per heavy atom. The Hall–Kier alpha value is -7.04. The topological polar surface area (TPSA) is 11.4 Å². The van der Waals surface area contributed by atoms with E-state index >= 15 is 0 Å². The summed E-state index contributed by atoms with van der Waals surface area (Å²) in [4.78, 5) is 5.19. The van der Waals surface area contributed by atoms with E-state index in [1.54, 1.807) is 0 Å². The van der Waals surface area contributed by atoms with Gasteiger partial charge >= 0.3 is 6.85 Å². The average molecular weight is 892 g/mol. The van der Waals surface area contributed by atoms with Gasteiger partial charge in [-0.15, -0.1) is 0 Å². The van der Waals surface area contributed by atoms with Crippen LogP contribution in [-0.4, -0.2) is 11.3 Å². The van der Waals surface area contributed by atoms with E-state index in [1.165, 1.54) is 118 Å². The summed E-state index contributed by atoms with van der Waals surface area (Å²) in [6.45, 7) is 22.0. The molecule has 0 N–H and O–H groups in total. The van der Waals surface area contributed by atoms with Gasteiger partial charge in [-0.3, -0.25) is 0 Å². The van der Waals surface area contributed by atoms with E-state index in [4.69, 9.17) is 0 Å². The molecule has 336 valence electrons. The van der Waals surface area contributed by atoms with E-state index in [1.807, 2.05) is 0 Å². The standard InChI is InChI=1S/C65H58BN3/c1-39-33-52-53(63(4,5)32-31-62(52,2)3)38-55(39)68-56-36-47-43-25-16-18-29-49(43)64(6,7)51(47)37-54(56)66-59-48(34-42(35-57(59)68)67(40-21-12-10-13-22-40)41-23-14-11-15-24-41)44-27-20-28-46-58-45-26-17-19-30-50(45)65(8,9)61(58)69(66)60(44)46/h10-30,33-38H,31-32H2,1-9H3. The Kier molecular flexibility index (Phi) is 8.08. The number of hydrogen-bond donors (Lipinski definition) is 0. The molecule has 14 rings (SSSR count). The maximum atomic E-state index is 2.83. The molecule has 1 aromatic heterocycles. The van der Waals surface area contributed by atoms with Gasteiger partial charge in [0.1, 0.15) is 0 Å². The third-order valence-electron chi connectivity index (χ3n) is 17.7. The summed E-state index contributed by atoms with van der Waals surface area (Å²) < 4.78 is 2.83. The summed E-state index contributed by atoms with van der Waals surface area (Å²) in [6, 6.07) is 63.0. The van der Waals surface area contributed by atoms with Crippen molar-refractivity contribution in [2.24, 2.45) is 0 Å². The van der Waals surface area contributed by atoms with Crippen LogP contribution >= 0.6 is 0 Å². The molecule has 4 heteroatoms. The van der Waals surface area contributed by atoms with Crippen LogP contribution < -0.4 is 20.7 Å². The molecule has 0 fully saturated rings. The number of rotatable bonds is 4. The number of aromatic nitrogens is 1. The second-order valence-electron chi connectivity index (χ2n) is 23.2. The molecule has 0 bridgehead atoms. The number of aryl methyl sites for hydroxylation is 1. The Morgan fingerprint density at radius 2 is 1.04 bits per heavy atom. The Labute approximate surface area is 408 Å². The number of para-hydroxylation sites is 3. The van der Waals surface area contributed by atoms with Gasteiger partial charge < -0.3 is 14.3 Å². The molecule has 5 aliphatic rings. The predicted octanol–water partition coefficient (Wildman–Crippen LogP) is 15.8. The lowest BCUT2D eigenvalue weighted by atomic mass is 9.44. The second kappa shape index (κ2) is 13.6. The molecule has 3 heterocycles. The van der Waals surface area contributed by atoms with Crippen molar-refractivity contribution >= 4 is 62.8 Å². The Balaban J connectivity index is 1.17. The van der Waals surface area contributed by atoms with Crippen LogP contribution in [-0.2, 0) is 21.7 Å². The van der Waals surface area contributed by atoms with Crippen molar-refractivity contribution in [3.8, 4) is 33.4 Å². The van der Waals surface area contributed by atoms with Crippen molar-refractivity contribution in [3.05, 3.63) is 203 Å². The largest absolute Gasteiger partial charge is 0.378 e. The molecule has 0 amide bonds. The van der Waals surface area contributed by atoms with E-state index in [9.17, 15) is 0 Å². The van der Waals surface area contributed by atoms with Crippen LogP contribution in [0.5, 0.6) is 0 Å². The van der Waals surface area contributed by atoms with Gasteiger partial charge in [-0.05, 0) is 146 Å². The van der Waals surface area contributed by atoms with E-state index in [0.29, 0.717) is 0 Å². The highest BCUT2D eigenvalue weighted by Gasteiger charge is 2.51. The summed E-state index contributed by atoms with van der Waals surface area (Å²) in [6.07, 6.45) is 2.34. The molecular weight excluding hydrogens is 834 g/mol.